The molecule has 2 aromatic rings. The van der Waals surface area contributed by atoms with E-state index in [1.165, 1.54) is 29.4 Å². The van der Waals surface area contributed by atoms with Crippen LogP contribution in [0.25, 0.3) is 0 Å². The van der Waals surface area contributed by atoms with Gasteiger partial charge in [-0.3, -0.25) is 0 Å². The second-order valence-electron chi connectivity index (χ2n) is 6.18. The maximum Gasteiger partial charge on any atom is 0.243 e. The molecule has 1 aliphatic rings. The van der Waals surface area contributed by atoms with Crippen LogP contribution in [-0.2, 0) is 20.0 Å². The van der Waals surface area contributed by atoms with Gasteiger partial charge in [0.2, 0.25) is 20.0 Å². The normalized spacial score (nSPS) is 17.1. The number of halogens is 2. The minimum Gasteiger partial charge on any atom is -0.207 e. The van der Waals surface area contributed by atoms with Gasteiger partial charge in [0, 0.05) is 26.2 Å². The second kappa shape index (κ2) is 7.27. The molecule has 0 saturated carbocycles. The largest absolute Gasteiger partial charge is 0.243 e. The first-order chi connectivity index (χ1) is 12.6. The molecule has 0 radical (unpaired) electrons. The van der Waals surface area contributed by atoms with E-state index in [2.05, 4.69) is 0 Å². The fourth-order valence-corrected chi connectivity index (χ4v) is 6.05. The van der Waals surface area contributed by atoms with E-state index in [-0.39, 0.29) is 41.5 Å². The molecular weight excluding hydrogens is 398 g/mol. The summed E-state index contributed by atoms with van der Waals surface area (Å²) in [4.78, 5) is -0.182. The van der Waals surface area contributed by atoms with E-state index in [4.69, 9.17) is 0 Å². The van der Waals surface area contributed by atoms with Crippen molar-refractivity contribution in [1.29, 1.82) is 0 Å². The van der Waals surface area contributed by atoms with Gasteiger partial charge in [0.05, 0.1) is 9.79 Å². The third-order valence-corrected chi connectivity index (χ3v) is 8.34. The van der Waals surface area contributed by atoms with Crippen molar-refractivity contribution in [3.8, 4) is 0 Å². The van der Waals surface area contributed by atoms with Gasteiger partial charge in [0.1, 0.15) is 11.6 Å². The zero-order chi connectivity index (χ0) is 19.8. The summed E-state index contributed by atoms with van der Waals surface area (Å²) in [5.74, 6) is -1.19. The number of rotatable bonds is 4. The molecule has 6 nitrogen and oxygen atoms in total. The predicted molar refractivity (Wildman–Crippen MR) is 95.1 cm³/mol. The molecule has 2 aromatic carbocycles. The van der Waals surface area contributed by atoms with Crippen molar-refractivity contribution in [2.75, 3.05) is 26.2 Å². The molecular formula is C17H18F2N2O4S2. The van der Waals surface area contributed by atoms with Crippen LogP contribution in [0.15, 0.2) is 52.3 Å². The van der Waals surface area contributed by atoms with Crippen LogP contribution in [0, 0.1) is 18.6 Å². The van der Waals surface area contributed by atoms with Crippen LogP contribution in [0.1, 0.15) is 5.56 Å². The van der Waals surface area contributed by atoms with Gasteiger partial charge < -0.3 is 0 Å². The van der Waals surface area contributed by atoms with Crippen molar-refractivity contribution in [2.45, 2.75) is 16.7 Å². The van der Waals surface area contributed by atoms with Crippen LogP contribution in [0.5, 0.6) is 0 Å². The zero-order valence-corrected chi connectivity index (χ0v) is 16.1. The summed E-state index contributed by atoms with van der Waals surface area (Å²) in [7, 11) is -7.77. The molecule has 0 bridgehead atoms. The summed E-state index contributed by atoms with van der Waals surface area (Å²) in [6, 6.07) is 8.09. The quantitative estimate of drug-likeness (QED) is 0.764. The number of sulfonamides is 2. The molecule has 0 aliphatic carbocycles. The highest BCUT2D eigenvalue weighted by molar-refractivity contribution is 7.89. The molecule has 10 heteroatoms. The zero-order valence-electron chi connectivity index (χ0n) is 14.5. The highest BCUT2D eigenvalue weighted by atomic mass is 32.2. The lowest BCUT2D eigenvalue weighted by Gasteiger charge is -2.33. The van der Waals surface area contributed by atoms with Gasteiger partial charge in [-0.1, -0.05) is 6.07 Å². The van der Waals surface area contributed by atoms with Gasteiger partial charge in [-0.2, -0.15) is 8.61 Å². The molecule has 1 fully saturated rings. The Morgan fingerprint density at radius 1 is 0.778 bits per heavy atom. The summed E-state index contributed by atoms with van der Waals surface area (Å²) >= 11 is 0. The minimum absolute atomic E-state index is 0.00895. The SMILES string of the molecule is Cc1cc(F)ccc1S(=O)(=O)N1CCN(S(=O)(=O)c2cccc(F)c2)CC1. The number of aryl methyl sites for hydroxylation is 1. The highest BCUT2D eigenvalue weighted by Gasteiger charge is 2.34. The van der Waals surface area contributed by atoms with Crippen LogP contribution >= 0.6 is 0 Å². The molecule has 146 valence electrons. The maximum atomic E-state index is 13.3. The predicted octanol–water partition coefficient (Wildman–Crippen LogP) is 1.97. The van der Waals surface area contributed by atoms with Gasteiger partial charge in [-0.25, -0.2) is 25.6 Å². The topological polar surface area (TPSA) is 74.8 Å². The number of hydrogen-bond donors (Lipinski definition) is 0. The summed E-state index contributed by atoms with van der Waals surface area (Å²) in [6.45, 7) is 1.29. The van der Waals surface area contributed by atoms with Crippen LogP contribution < -0.4 is 0 Å². The molecule has 0 spiro atoms. The molecule has 3 rings (SSSR count). The van der Waals surface area contributed by atoms with Gasteiger partial charge in [0.15, 0.2) is 0 Å². The van der Waals surface area contributed by atoms with Crippen molar-refractivity contribution in [3.63, 3.8) is 0 Å². The van der Waals surface area contributed by atoms with Gasteiger partial charge in [-0.05, 0) is 48.9 Å². The van der Waals surface area contributed by atoms with E-state index >= 15 is 0 Å². The van der Waals surface area contributed by atoms with E-state index in [1.807, 2.05) is 0 Å². The summed E-state index contributed by atoms with van der Waals surface area (Å²) in [6.07, 6.45) is 0. The minimum atomic E-state index is -3.91. The van der Waals surface area contributed by atoms with E-state index < -0.39 is 31.7 Å². The van der Waals surface area contributed by atoms with Gasteiger partial charge in [0.25, 0.3) is 0 Å². The molecule has 0 atom stereocenters. The van der Waals surface area contributed by atoms with Gasteiger partial charge in [-0.15, -0.1) is 0 Å². The van der Waals surface area contributed by atoms with E-state index in [0.29, 0.717) is 0 Å². The van der Waals surface area contributed by atoms with Crippen molar-refractivity contribution in [2.24, 2.45) is 0 Å². The summed E-state index contributed by atoms with van der Waals surface area (Å²) < 4.78 is 79.6. The van der Waals surface area contributed by atoms with Crippen LogP contribution in [0.3, 0.4) is 0 Å². The Balaban J connectivity index is 1.79. The van der Waals surface area contributed by atoms with Crippen molar-refractivity contribution < 1.29 is 25.6 Å². The summed E-state index contributed by atoms with van der Waals surface area (Å²) in [5, 5.41) is 0. The smallest absolute Gasteiger partial charge is 0.207 e. The van der Waals surface area contributed by atoms with E-state index in [0.717, 1.165) is 28.6 Å². The standard InChI is InChI=1S/C17H18F2N2O4S2/c1-13-11-15(19)5-6-17(13)27(24,25)21-9-7-20(8-10-21)26(22,23)16-4-2-3-14(18)12-16/h2-6,11-12H,7-10H2,1H3. The fraction of sp³-hybridized carbons (Fsp3) is 0.294. The van der Waals surface area contributed by atoms with Crippen LogP contribution in [0.2, 0.25) is 0 Å². The Labute approximate surface area is 157 Å². The molecule has 0 amide bonds. The van der Waals surface area contributed by atoms with Gasteiger partial charge >= 0.3 is 0 Å². The Bertz CT molecular complexity index is 1060. The lowest BCUT2D eigenvalue weighted by molar-refractivity contribution is 0.272. The van der Waals surface area contributed by atoms with E-state index in [9.17, 15) is 25.6 Å². The van der Waals surface area contributed by atoms with Crippen molar-refractivity contribution >= 4 is 20.0 Å². The number of hydrogen-bond acceptors (Lipinski definition) is 4. The maximum absolute atomic E-state index is 13.3. The molecule has 0 unspecified atom stereocenters. The Morgan fingerprint density at radius 3 is 1.89 bits per heavy atom. The number of piperazine rings is 1. The molecule has 1 aliphatic heterocycles. The van der Waals surface area contributed by atoms with Crippen LogP contribution in [0.4, 0.5) is 8.78 Å². The summed E-state index contributed by atoms with van der Waals surface area (Å²) in [5.41, 5.74) is 0.282. The van der Waals surface area contributed by atoms with E-state index in [1.54, 1.807) is 0 Å². The number of nitrogens with zero attached hydrogens (tertiary/aromatic N) is 2. The number of benzene rings is 2. The monoisotopic (exact) mass is 416 g/mol. The molecule has 0 N–H and O–H groups in total. The molecule has 0 aromatic heterocycles. The molecule has 1 saturated heterocycles. The lowest BCUT2D eigenvalue weighted by Crippen LogP contribution is -2.50. The fourth-order valence-electron chi connectivity index (χ4n) is 2.97. The molecule has 27 heavy (non-hydrogen) atoms. The third-order valence-electron chi connectivity index (χ3n) is 4.39. The highest BCUT2D eigenvalue weighted by Crippen LogP contribution is 2.24. The first-order valence-corrected chi connectivity index (χ1v) is 11.0. The Morgan fingerprint density at radius 2 is 1.33 bits per heavy atom. The lowest BCUT2D eigenvalue weighted by atomic mass is 10.2. The first-order valence-electron chi connectivity index (χ1n) is 8.14. The third kappa shape index (κ3) is 3.88. The van der Waals surface area contributed by atoms with Crippen LogP contribution in [-0.4, -0.2) is 51.6 Å². The molecule has 1 heterocycles. The Kier molecular flexibility index (Phi) is 5.35. The second-order valence-corrected chi connectivity index (χ2v) is 10.0. The average molecular weight is 416 g/mol. The van der Waals surface area contributed by atoms with Crippen molar-refractivity contribution in [3.05, 3.63) is 59.7 Å². The first kappa shape index (κ1) is 19.9. The Hall–Kier alpha value is -1.88. The average Bonchev–Trinajstić information content (AvgIpc) is 2.61. The van der Waals surface area contributed by atoms with Crippen molar-refractivity contribution in [1.82, 2.24) is 8.61 Å².